The monoisotopic (exact) mass is 268 g/mol. The van der Waals surface area contributed by atoms with Gasteiger partial charge < -0.3 is 4.90 Å². The molecule has 1 fully saturated rings. The van der Waals surface area contributed by atoms with Crippen molar-refractivity contribution in [2.45, 2.75) is 32.6 Å². The molecule has 0 saturated carbocycles. The van der Waals surface area contributed by atoms with Crippen LogP contribution in [0.25, 0.3) is 0 Å². The molecule has 4 nitrogen and oxygen atoms in total. The zero-order chi connectivity index (χ0) is 13.9. The molecule has 3 heterocycles. The first-order valence-corrected chi connectivity index (χ1v) is 7.20. The SMILES string of the molecule is Cc1cc(N2CCCC(c3ccccn3)C2)nc(C)n1. The standard InChI is InChI=1S/C16H20N4/c1-12-10-16(19-13(2)18-12)20-9-5-6-14(11-20)15-7-3-4-8-17-15/h3-4,7-8,10,14H,5-6,9,11H2,1-2H3. The van der Waals surface area contributed by atoms with E-state index in [1.165, 1.54) is 18.5 Å². The average Bonchev–Trinajstić information content (AvgIpc) is 2.47. The van der Waals surface area contributed by atoms with Crippen LogP contribution in [0.4, 0.5) is 5.82 Å². The van der Waals surface area contributed by atoms with E-state index in [4.69, 9.17) is 0 Å². The number of nitrogens with zero attached hydrogens (tertiary/aromatic N) is 4. The lowest BCUT2D eigenvalue weighted by Gasteiger charge is -2.33. The van der Waals surface area contributed by atoms with E-state index in [9.17, 15) is 0 Å². The topological polar surface area (TPSA) is 41.9 Å². The lowest BCUT2D eigenvalue weighted by atomic mass is 9.94. The summed E-state index contributed by atoms with van der Waals surface area (Å²) in [5.74, 6) is 2.40. The molecule has 0 bridgehead atoms. The smallest absolute Gasteiger partial charge is 0.132 e. The Balaban J connectivity index is 1.81. The van der Waals surface area contributed by atoms with E-state index in [0.717, 1.165) is 30.4 Å². The zero-order valence-corrected chi connectivity index (χ0v) is 12.1. The van der Waals surface area contributed by atoms with Crippen LogP contribution in [-0.4, -0.2) is 28.0 Å². The van der Waals surface area contributed by atoms with Crippen LogP contribution in [0.15, 0.2) is 30.5 Å². The van der Waals surface area contributed by atoms with Crippen molar-refractivity contribution in [3.8, 4) is 0 Å². The molecule has 1 atom stereocenters. The Morgan fingerprint density at radius 3 is 2.85 bits per heavy atom. The fraction of sp³-hybridized carbons (Fsp3) is 0.438. The highest BCUT2D eigenvalue weighted by Crippen LogP contribution is 2.28. The van der Waals surface area contributed by atoms with Crippen LogP contribution in [0.2, 0.25) is 0 Å². The Morgan fingerprint density at radius 2 is 2.10 bits per heavy atom. The fourth-order valence-corrected chi connectivity index (χ4v) is 2.90. The minimum absolute atomic E-state index is 0.500. The number of aromatic nitrogens is 3. The highest BCUT2D eigenvalue weighted by molar-refractivity contribution is 5.41. The molecule has 1 aliphatic rings. The van der Waals surface area contributed by atoms with Crippen LogP contribution < -0.4 is 4.90 Å². The molecule has 0 amide bonds. The minimum Gasteiger partial charge on any atom is -0.356 e. The van der Waals surface area contributed by atoms with E-state index in [1.807, 2.05) is 26.1 Å². The molecule has 0 spiro atoms. The van der Waals surface area contributed by atoms with Gasteiger partial charge in [0, 0.05) is 42.7 Å². The van der Waals surface area contributed by atoms with Crippen molar-refractivity contribution in [3.63, 3.8) is 0 Å². The van der Waals surface area contributed by atoms with Gasteiger partial charge >= 0.3 is 0 Å². The van der Waals surface area contributed by atoms with Crippen LogP contribution in [-0.2, 0) is 0 Å². The van der Waals surface area contributed by atoms with Crippen LogP contribution in [0.1, 0.15) is 36.0 Å². The average molecular weight is 268 g/mol. The number of pyridine rings is 1. The molecule has 2 aromatic rings. The second-order valence-corrected chi connectivity index (χ2v) is 5.45. The Bertz CT molecular complexity index is 562. The zero-order valence-electron chi connectivity index (χ0n) is 12.1. The molecular weight excluding hydrogens is 248 g/mol. The molecule has 104 valence electrons. The predicted octanol–water partition coefficient (Wildman–Crippen LogP) is 2.87. The Hall–Kier alpha value is -1.97. The van der Waals surface area contributed by atoms with Gasteiger partial charge in [-0.2, -0.15) is 0 Å². The molecule has 4 heteroatoms. The Morgan fingerprint density at radius 1 is 1.20 bits per heavy atom. The first kappa shape index (κ1) is 13.0. The summed E-state index contributed by atoms with van der Waals surface area (Å²) in [6.07, 6.45) is 4.27. The van der Waals surface area contributed by atoms with E-state index >= 15 is 0 Å². The molecular formula is C16H20N4. The largest absolute Gasteiger partial charge is 0.356 e. The van der Waals surface area contributed by atoms with E-state index < -0.39 is 0 Å². The van der Waals surface area contributed by atoms with Crippen LogP contribution >= 0.6 is 0 Å². The second kappa shape index (κ2) is 5.57. The van der Waals surface area contributed by atoms with E-state index in [0.29, 0.717) is 5.92 Å². The van der Waals surface area contributed by atoms with Crippen LogP contribution in [0, 0.1) is 13.8 Å². The summed E-state index contributed by atoms with van der Waals surface area (Å²) in [4.78, 5) is 15.8. The van der Waals surface area contributed by atoms with Gasteiger partial charge in [-0.1, -0.05) is 6.07 Å². The van der Waals surface area contributed by atoms with E-state index in [2.05, 4.69) is 38.1 Å². The summed E-state index contributed by atoms with van der Waals surface area (Å²) in [5, 5.41) is 0. The summed E-state index contributed by atoms with van der Waals surface area (Å²) in [6.45, 7) is 6.04. The van der Waals surface area contributed by atoms with Crippen molar-refractivity contribution in [2.75, 3.05) is 18.0 Å². The number of hydrogen-bond acceptors (Lipinski definition) is 4. The van der Waals surface area contributed by atoms with Crippen molar-refractivity contribution < 1.29 is 0 Å². The maximum Gasteiger partial charge on any atom is 0.132 e. The van der Waals surface area contributed by atoms with Crippen LogP contribution in [0.5, 0.6) is 0 Å². The van der Waals surface area contributed by atoms with Gasteiger partial charge in [0.15, 0.2) is 0 Å². The normalized spacial score (nSPS) is 19.1. The molecule has 1 saturated heterocycles. The van der Waals surface area contributed by atoms with E-state index in [1.54, 1.807) is 0 Å². The van der Waals surface area contributed by atoms with Crippen LogP contribution in [0.3, 0.4) is 0 Å². The fourth-order valence-electron chi connectivity index (χ4n) is 2.90. The number of piperidine rings is 1. The summed E-state index contributed by atoms with van der Waals surface area (Å²) in [6, 6.07) is 8.25. The molecule has 0 aromatic carbocycles. The van der Waals surface area contributed by atoms with Gasteiger partial charge in [-0.25, -0.2) is 9.97 Å². The molecule has 3 rings (SSSR count). The highest BCUT2D eigenvalue weighted by Gasteiger charge is 2.23. The van der Waals surface area contributed by atoms with Gasteiger partial charge in [0.05, 0.1) is 0 Å². The van der Waals surface area contributed by atoms with Gasteiger partial charge in [-0.05, 0) is 38.8 Å². The number of hydrogen-bond donors (Lipinski definition) is 0. The second-order valence-electron chi connectivity index (χ2n) is 5.45. The summed E-state index contributed by atoms with van der Waals surface area (Å²) < 4.78 is 0. The first-order valence-electron chi connectivity index (χ1n) is 7.20. The summed E-state index contributed by atoms with van der Waals surface area (Å²) >= 11 is 0. The van der Waals surface area contributed by atoms with Gasteiger partial charge in [0.25, 0.3) is 0 Å². The highest BCUT2D eigenvalue weighted by atomic mass is 15.2. The lowest BCUT2D eigenvalue weighted by molar-refractivity contribution is 0.498. The molecule has 1 unspecified atom stereocenters. The molecule has 2 aromatic heterocycles. The third kappa shape index (κ3) is 2.79. The lowest BCUT2D eigenvalue weighted by Crippen LogP contribution is -2.35. The van der Waals surface area contributed by atoms with Gasteiger partial charge in [-0.3, -0.25) is 4.98 Å². The Labute approximate surface area is 119 Å². The molecule has 0 aliphatic carbocycles. The van der Waals surface area contributed by atoms with Crippen molar-refractivity contribution >= 4 is 5.82 Å². The van der Waals surface area contributed by atoms with Gasteiger partial charge in [0.1, 0.15) is 11.6 Å². The van der Waals surface area contributed by atoms with Gasteiger partial charge in [0.2, 0.25) is 0 Å². The molecule has 20 heavy (non-hydrogen) atoms. The predicted molar refractivity (Wildman–Crippen MR) is 79.9 cm³/mol. The summed E-state index contributed by atoms with van der Waals surface area (Å²) in [5.41, 5.74) is 2.23. The number of aryl methyl sites for hydroxylation is 2. The third-order valence-corrected chi connectivity index (χ3v) is 3.80. The van der Waals surface area contributed by atoms with Crippen molar-refractivity contribution in [2.24, 2.45) is 0 Å². The minimum atomic E-state index is 0.500. The quantitative estimate of drug-likeness (QED) is 0.840. The van der Waals surface area contributed by atoms with Gasteiger partial charge in [-0.15, -0.1) is 0 Å². The molecule has 0 radical (unpaired) electrons. The number of rotatable bonds is 2. The van der Waals surface area contributed by atoms with Crippen molar-refractivity contribution in [1.29, 1.82) is 0 Å². The number of anilines is 1. The van der Waals surface area contributed by atoms with Crippen molar-refractivity contribution in [3.05, 3.63) is 47.7 Å². The summed E-state index contributed by atoms with van der Waals surface area (Å²) in [7, 11) is 0. The van der Waals surface area contributed by atoms with Crippen molar-refractivity contribution in [1.82, 2.24) is 15.0 Å². The first-order chi connectivity index (χ1) is 9.72. The maximum absolute atomic E-state index is 4.58. The van der Waals surface area contributed by atoms with E-state index in [-0.39, 0.29) is 0 Å². The third-order valence-electron chi connectivity index (χ3n) is 3.80. The Kier molecular flexibility index (Phi) is 3.63. The molecule has 0 N–H and O–H groups in total. The maximum atomic E-state index is 4.58. The molecule has 1 aliphatic heterocycles.